The molecule has 2 N–H and O–H groups in total. The Morgan fingerprint density at radius 1 is 1.41 bits per heavy atom. The first-order valence-corrected chi connectivity index (χ1v) is 7.10. The van der Waals surface area contributed by atoms with Crippen molar-refractivity contribution in [2.24, 2.45) is 0 Å². The normalized spacial score (nSPS) is 11.2. The second-order valence-corrected chi connectivity index (χ2v) is 6.21. The van der Waals surface area contributed by atoms with E-state index >= 15 is 0 Å². The van der Waals surface area contributed by atoms with Crippen LogP contribution in [-0.2, 0) is 21.2 Å². The van der Waals surface area contributed by atoms with Crippen molar-refractivity contribution < 1.29 is 13.2 Å². The van der Waals surface area contributed by atoms with E-state index in [9.17, 15) is 13.2 Å². The molecule has 5 nitrogen and oxygen atoms in total. The lowest BCUT2D eigenvalue weighted by atomic mass is 10.2. The number of nitrogens with zero attached hydrogens (tertiary/aromatic N) is 1. The third-order valence-electron chi connectivity index (χ3n) is 2.18. The average Bonchev–Trinajstić information content (AvgIpc) is 2.14. The van der Waals surface area contributed by atoms with Crippen molar-refractivity contribution >= 4 is 21.4 Å². The highest BCUT2D eigenvalue weighted by Gasteiger charge is 2.15. The molecule has 0 heterocycles. The monoisotopic (exact) mass is 256 g/mol. The molecule has 0 atom stereocenters. The van der Waals surface area contributed by atoms with Gasteiger partial charge in [-0.05, 0) is 17.7 Å². The number of rotatable bonds is 4. The number of carbonyl (C=O) groups excluding carboxylic acids is 1. The van der Waals surface area contributed by atoms with Crippen LogP contribution in [0.1, 0.15) is 5.56 Å². The first-order valence-electron chi connectivity index (χ1n) is 5.04. The number of nitrogens with two attached hydrogens (primary N) is 1. The first kappa shape index (κ1) is 13.5. The van der Waals surface area contributed by atoms with E-state index in [0.29, 0.717) is 12.2 Å². The van der Waals surface area contributed by atoms with E-state index in [1.807, 2.05) is 6.07 Å². The van der Waals surface area contributed by atoms with Gasteiger partial charge >= 0.3 is 0 Å². The van der Waals surface area contributed by atoms with Gasteiger partial charge in [-0.1, -0.05) is 12.1 Å². The van der Waals surface area contributed by atoms with Crippen LogP contribution in [0.3, 0.4) is 0 Å². The van der Waals surface area contributed by atoms with Crippen LogP contribution >= 0.6 is 0 Å². The number of hydrogen-bond donors (Lipinski definition) is 1. The lowest BCUT2D eigenvalue weighted by Crippen LogP contribution is -2.31. The van der Waals surface area contributed by atoms with Crippen LogP contribution in [0.2, 0.25) is 0 Å². The molecule has 1 aromatic rings. The van der Waals surface area contributed by atoms with Gasteiger partial charge in [0.15, 0.2) is 9.84 Å². The Labute approximate surface area is 101 Å². The van der Waals surface area contributed by atoms with Gasteiger partial charge in [-0.15, -0.1) is 0 Å². The van der Waals surface area contributed by atoms with Crippen molar-refractivity contribution in [3.05, 3.63) is 29.8 Å². The fourth-order valence-corrected chi connectivity index (χ4v) is 2.06. The fourth-order valence-electron chi connectivity index (χ4n) is 1.39. The highest BCUT2D eigenvalue weighted by molar-refractivity contribution is 7.91. The number of carbonyl (C=O) groups is 1. The van der Waals surface area contributed by atoms with Gasteiger partial charge < -0.3 is 10.6 Å². The van der Waals surface area contributed by atoms with Gasteiger partial charge in [-0.3, -0.25) is 4.79 Å². The van der Waals surface area contributed by atoms with Crippen molar-refractivity contribution in [1.29, 1.82) is 0 Å². The molecule has 17 heavy (non-hydrogen) atoms. The summed E-state index contributed by atoms with van der Waals surface area (Å²) in [5.74, 6) is -0.888. The van der Waals surface area contributed by atoms with Gasteiger partial charge in [-0.2, -0.15) is 0 Å². The topological polar surface area (TPSA) is 80.5 Å². The smallest absolute Gasteiger partial charge is 0.237 e. The van der Waals surface area contributed by atoms with Gasteiger partial charge in [0, 0.05) is 25.5 Å². The zero-order valence-electron chi connectivity index (χ0n) is 9.88. The molecule has 0 fully saturated rings. The van der Waals surface area contributed by atoms with Crippen LogP contribution < -0.4 is 5.73 Å². The first-order chi connectivity index (χ1) is 7.78. The summed E-state index contributed by atoms with van der Waals surface area (Å²) in [6.45, 7) is 0.347. The molecule has 1 aromatic carbocycles. The maximum Gasteiger partial charge on any atom is 0.237 e. The number of nitrogen functional groups attached to an aromatic ring is 1. The third-order valence-corrected chi connectivity index (χ3v) is 2.95. The highest BCUT2D eigenvalue weighted by atomic mass is 32.2. The largest absolute Gasteiger partial charge is 0.399 e. The van der Waals surface area contributed by atoms with Crippen molar-refractivity contribution in [1.82, 2.24) is 4.90 Å². The Kier molecular flexibility index (Phi) is 4.11. The molecular weight excluding hydrogens is 240 g/mol. The average molecular weight is 256 g/mol. The number of benzene rings is 1. The summed E-state index contributed by atoms with van der Waals surface area (Å²) in [6.07, 6.45) is 1.04. The van der Waals surface area contributed by atoms with E-state index in [1.54, 1.807) is 25.2 Å². The molecule has 6 heteroatoms. The van der Waals surface area contributed by atoms with E-state index < -0.39 is 21.5 Å². The molecule has 0 aliphatic carbocycles. The van der Waals surface area contributed by atoms with Gasteiger partial charge in [0.2, 0.25) is 5.91 Å². The Bertz CT molecular complexity index is 511. The zero-order valence-corrected chi connectivity index (χ0v) is 10.7. The molecule has 1 amide bonds. The molecule has 94 valence electrons. The minimum absolute atomic E-state index is 0.347. The van der Waals surface area contributed by atoms with Crippen molar-refractivity contribution in [2.45, 2.75) is 6.54 Å². The Morgan fingerprint density at radius 2 is 2.06 bits per heavy atom. The van der Waals surface area contributed by atoms with Gasteiger partial charge in [-0.25, -0.2) is 8.42 Å². The van der Waals surface area contributed by atoms with E-state index in [4.69, 9.17) is 5.73 Å². The van der Waals surface area contributed by atoms with Crippen LogP contribution in [0.5, 0.6) is 0 Å². The highest BCUT2D eigenvalue weighted by Crippen LogP contribution is 2.09. The molecule has 0 aliphatic rings. The third kappa shape index (κ3) is 4.86. The van der Waals surface area contributed by atoms with Crippen LogP contribution in [0.15, 0.2) is 24.3 Å². The zero-order chi connectivity index (χ0) is 13.1. The van der Waals surface area contributed by atoms with Crippen molar-refractivity contribution in [3.8, 4) is 0 Å². The second-order valence-electron chi connectivity index (χ2n) is 4.06. The van der Waals surface area contributed by atoms with E-state index in [-0.39, 0.29) is 0 Å². The molecule has 0 bridgehead atoms. The standard InChI is InChI=1S/C11H16N2O3S/c1-13(11(14)8-17(2,15)16)7-9-4-3-5-10(12)6-9/h3-6H,7-8,12H2,1-2H3. The maximum atomic E-state index is 11.6. The van der Waals surface area contributed by atoms with Gasteiger partial charge in [0.25, 0.3) is 0 Å². The molecule has 0 aliphatic heterocycles. The summed E-state index contributed by atoms with van der Waals surface area (Å²) in [5.41, 5.74) is 7.10. The summed E-state index contributed by atoms with van der Waals surface area (Å²) >= 11 is 0. The summed E-state index contributed by atoms with van der Waals surface area (Å²) in [5, 5.41) is 0. The lowest BCUT2D eigenvalue weighted by molar-refractivity contribution is -0.127. The summed E-state index contributed by atoms with van der Waals surface area (Å²) in [7, 11) is -1.72. The fraction of sp³-hybridized carbons (Fsp3) is 0.364. The molecule has 0 unspecified atom stereocenters. The number of sulfone groups is 1. The SMILES string of the molecule is CN(Cc1cccc(N)c1)C(=O)CS(C)(=O)=O. The molecule has 1 rings (SSSR count). The van der Waals surface area contributed by atoms with Crippen LogP contribution in [0, 0.1) is 0 Å². The molecule has 0 saturated heterocycles. The van der Waals surface area contributed by atoms with E-state index in [0.717, 1.165) is 11.8 Å². The van der Waals surface area contributed by atoms with Crippen molar-refractivity contribution in [2.75, 3.05) is 24.8 Å². The van der Waals surface area contributed by atoms with Crippen molar-refractivity contribution in [3.63, 3.8) is 0 Å². The molecule has 0 saturated carbocycles. The van der Waals surface area contributed by atoms with E-state index in [1.165, 1.54) is 4.90 Å². The number of amides is 1. The molecule has 0 spiro atoms. The number of anilines is 1. The minimum atomic E-state index is -3.28. The van der Waals surface area contributed by atoms with Crippen LogP contribution in [-0.4, -0.2) is 38.3 Å². The van der Waals surface area contributed by atoms with E-state index in [2.05, 4.69) is 0 Å². The summed E-state index contributed by atoms with van der Waals surface area (Å²) < 4.78 is 22.0. The predicted molar refractivity (Wildman–Crippen MR) is 67.0 cm³/mol. The second kappa shape index (κ2) is 5.18. The number of hydrogen-bond acceptors (Lipinski definition) is 4. The van der Waals surface area contributed by atoms with Crippen LogP contribution in [0.4, 0.5) is 5.69 Å². The maximum absolute atomic E-state index is 11.6. The van der Waals surface area contributed by atoms with Gasteiger partial charge in [0.1, 0.15) is 5.75 Å². The Morgan fingerprint density at radius 3 is 2.59 bits per heavy atom. The quantitative estimate of drug-likeness (QED) is 0.784. The lowest BCUT2D eigenvalue weighted by Gasteiger charge is -2.16. The summed E-state index contributed by atoms with van der Waals surface area (Å²) in [4.78, 5) is 12.9. The Hall–Kier alpha value is -1.56. The minimum Gasteiger partial charge on any atom is -0.399 e. The molecular formula is C11H16N2O3S. The summed E-state index contributed by atoms with van der Waals surface area (Å²) in [6, 6.07) is 7.13. The van der Waals surface area contributed by atoms with Crippen LogP contribution in [0.25, 0.3) is 0 Å². The molecule has 0 aromatic heterocycles. The molecule has 0 radical (unpaired) electrons. The van der Waals surface area contributed by atoms with Gasteiger partial charge in [0.05, 0.1) is 0 Å². The predicted octanol–water partition coefficient (Wildman–Crippen LogP) is 0.272. The Balaban J connectivity index is 2.66.